The van der Waals surface area contributed by atoms with E-state index in [2.05, 4.69) is 9.71 Å². The summed E-state index contributed by atoms with van der Waals surface area (Å²) in [5, 5.41) is 0. The molecule has 1 aromatic heterocycles. The van der Waals surface area contributed by atoms with Gasteiger partial charge in [-0.15, -0.1) is 0 Å². The van der Waals surface area contributed by atoms with Crippen molar-refractivity contribution >= 4 is 10.0 Å². The van der Waals surface area contributed by atoms with Gasteiger partial charge in [-0.2, -0.15) is 0 Å². The van der Waals surface area contributed by atoms with Gasteiger partial charge in [-0.05, 0) is 56.2 Å². The second-order valence-corrected chi connectivity index (χ2v) is 6.84. The van der Waals surface area contributed by atoms with Crippen LogP contribution in [0.3, 0.4) is 0 Å². The highest BCUT2D eigenvalue weighted by atomic mass is 32.2. The van der Waals surface area contributed by atoms with Gasteiger partial charge in [0, 0.05) is 6.20 Å². The molecule has 0 spiro atoms. The van der Waals surface area contributed by atoms with E-state index in [1.54, 1.807) is 58.3 Å². The van der Waals surface area contributed by atoms with Crippen LogP contribution in [0.5, 0.6) is 5.75 Å². The first kappa shape index (κ1) is 16.5. The largest absolute Gasteiger partial charge is 0.497 e. The lowest BCUT2D eigenvalue weighted by Crippen LogP contribution is -2.28. The first-order chi connectivity index (χ1) is 10.3. The number of nitrogens with one attached hydrogen (secondary N) is 1. The zero-order chi connectivity index (χ0) is 16.3. The molecule has 22 heavy (non-hydrogen) atoms. The fourth-order valence-corrected chi connectivity index (χ4v) is 4.11. The third-order valence-electron chi connectivity index (χ3n) is 3.40. The number of rotatable bonds is 5. The quantitative estimate of drug-likeness (QED) is 0.920. The third kappa shape index (κ3) is 3.45. The monoisotopic (exact) mass is 320 g/mol. The smallest absolute Gasteiger partial charge is 0.241 e. The third-order valence-corrected chi connectivity index (χ3v) is 5.25. The lowest BCUT2D eigenvalue weighted by atomic mass is 10.1. The fraction of sp³-hybridized carbons (Fsp3) is 0.312. The molecule has 0 amide bonds. The van der Waals surface area contributed by atoms with Gasteiger partial charge in [0.2, 0.25) is 10.0 Å². The summed E-state index contributed by atoms with van der Waals surface area (Å²) in [6.45, 7) is 5.29. The lowest BCUT2D eigenvalue weighted by Gasteiger charge is -2.17. The van der Waals surface area contributed by atoms with Crippen LogP contribution in [0.4, 0.5) is 0 Å². The van der Waals surface area contributed by atoms with E-state index in [-0.39, 0.29) is 4.90 Å². The number of methoxy groups -OCH3 is 1. The van der Waals surface area contributed by atoms with Crippen LogP contribution in [0.2, 0.25) is 0 Å². The SMILES string of the molecule is COc1cc(C)c(S(=O)(=O)NC(C)c2ccccn2)c(C)c1. The maximum absolute atomic E-state index is 12.7. The minimum atomic E-state index is -3.64. The van der Waals surface area contributed by atoms with Gasteiger partial charge >= 0.3 is 0 Å². The molecule has 2 rings (SSSR count). The lowest BCUT2D eigenvalue weighted by molar-refractivity contribution is 0.413. The number of sulfonamides is 1. The maximum Gasteiger partial charge on any atom is 0.241 e. The van der Waals surface area contributed by atoms with Gasteiger partial charge in [-0.3, -0.25) is 4.98 Å². The first-order valence-corrected chi connectivity index (χ1v) is 8.42. The summed E-state index contributed by atoms with van der Waals surface area (Å²) >= 11 is 0. The highest BCUT2D eigenvalue weighted by molar-refractivity contribution is 7.89. The van der Waals surface area contributed by atoms with E-state index in [1.807, 2.05) is 6.07 Å². The van der Waals surface area contributed by atoms with E-state index >= 15 is 0 Å². The zero-order valence-electron chi connectivity index (χ0n) is 13.1. The Hall–Kier alpha value is -1.92. The summed E-state index contributed by atoms with van der Waals surface area (Å²) in [5.74, 6) is 0.645. The first-order valence-electron chi connectivity index (χ1n) is 6.93. The summed E-state index contributed by atoms with van der Waals surface area (Å²) in [6.07, 6.45) is 1.64. The van der Waals surface area contributed by atoms with E-state index in [0.29, 0.717) is 22.6 Å². The molecular weight excluding hydrogens is 300 g/mol. The van der Waals surface area contributed by atoms with Crippen molar-refractivity contribution in [3.63, 3.8) is 0 Å². The summed E-state index contributed by atoms with van der Waals surface area (Å²) in [7, 11) is -2.08. The molecule has 0 fully saturated rings. The van der Waals surface area contributed by atoms with Gasteiger partial charge < -0.3 is 4.74 Å². The Morgan fingerprint density at radius 3 is 2.32 bits per heavy atom. The van der Waals surface area contributed by atoms with E-state index < -0.39 is 16.1 Å². The van der Waals surface area contributed by atoms with Crippen LogP contribution in [-0.4, -0.2) is 20.5 Å². The topological polar surface area (TPSA) is 68.3 Å². The average molecular weight is 320 g/mol. The molecule has 0 aliphatic carbocycles. The second kappa shape index (κ2) is 6.46. The Balaban J connectivity index is 2.35. The number of nitrogens with zero attached hydrogens (tertiary/aromatic N) is 1. The Kier molecular flexibility index (Phi) is 4.83. The number of hydrogen-bond acceptors (Lipinski definition) is 4. The molecule has 0 aliphatic rings. The zero-order valence-corrected chi connectivity index (χ0v) is 13.9. The standard InChI is InChI=1S/C16H20N2O3S/c1-11-9-14(21-4)10-12(2)16(11)22(19,20)18-13(3)15-7-5-6-8-17-15/h5-10,13,18H,1-4H3. The molecule has 1 atom stereocenters. The maximum atomic E-state index is 12.7. The van der Waals surface area contributed by atoms with Gasteiger partial charge in [-0.1, -0.05) is 6.07 Å². The highest BCUT2D eigenvalue weighted by Gasteiger charge is 2.23. The Morgan fingerprint density at radius 1 is 1.18 bits per heavy atom. The van der Waals surface area contributed by atoms with Crippen LogP contribution < -0.4 is 9.46 Å². The van der Waals surface area contributed by atoms with Crippen LogP contribution in [0.1, 0.15) is 29.8 Å². The number of pyridine rings is 1. The summed E-state index contributed by atoms with van der Waals surface area (Å²) in [4.78, 5) is 4.47. The van der Waals surface area contributed by atoms with Crippen LogP contribution >= 0.6 is 0 Å². The second-order valence-electron chi connectivity index (χ2n) is 5.19. The van der Waals surface area contributed by atoms with Gasteiger partial charge in [-0.25, -0.2) is 13.1 Å². The van der Waals surface area contributed by atoms with Gasteiger partial charge in [0.1, 0.15) is 5.75 Å². The molecule has 1 aromatic carbocycles. The molecule has 0 saturated carbocycles. The molecule has 2 aromatic rings. The van der Waals surface area contributed by atoms with Crippen LogP contribution in [-0.2, 0) is 10.0 Å². The molecule has 6 heteroatoms. The summed E-state index contributed by atoms with van der Waals surface area (Å²) in [5.41, 5.74) is 1.98. The molecule has 0 saturated heterocycles. The number of hydrogen-bond donors (Lipinski definition) is 1. The molecular formula is C16H20N2O3S. The average Bonchev–Trinajstić information content (AvgIpc) is 2.46. The van der Waals surface area contributed by atoms with E-state index in [9.17, 15) is 8.42 Å². The van der Waals surface area contributed by atoms with Crippen molar-refractivity contribution in [3.05, 3.63) is 53.3 Å². The van der Waals surface area contributed by atoms with Crippen molar-refractivity contribution in [1.82, 2.24) is 9.71 Å². The van der Waals surface area contributed by atoms with Crippen LogP contribution in [0, 0.1) is 13.8 Å². The summed E-state index contributed by atoms with van der Waals surface area (Å²) < 4.78 is 33.2. The number of aromatic nitrogens is 1. The molecule has 0 bridgehead atoms. The van der Waals surface area contributed by atoms with E-state index in [0.717, 1.165) is 0 Å². The Morgan fingerprint density at radius 2 is 1.82 bits per heavy atom. The van der Waals surface area contributed by atoms with Crippen LogP contribution in [0.25, 0.3) is 0 Å². The van der Waals surface area contributed by atoms with Gasteiger partial charge in [0.15, 0.2) is 0 Å². The predicted octanol–water partition coefficient (Wildman–Crippen LogP) is 2.75. The Labute approximate surface area is 131 Å². The molecule has 1 heterocycles. The molecule has 118 valence electrons. The number of ether oxygens (including phenoxy) is 1. The Bertz CT molecular complexity index is 735. The van der Waals surface area contributed by atoms with Crippen molar-refractivity contribution in [1.29, 1.82) is 0 Å². The molecule has 0 radical (unpaired) electrons. The minimum Gasteiger partial charge on any atom is -0.497 e. The highest BCUT2D eigenvalue weighted by Crippen LogP contribution is 2.26. The molecule has 1 unspecified atom stereocenters. The van der Waals surface area contributed by atoms with Crippen molar-refractivity contribution in [3.8, 4) is 5.75 Å². The fourth-order valence-electron chi connectivity index (χ4n) is 2.44. The molecule has 1 N–H and O–H groups in total. The normalized spacial score (nSPS) is 12.9. The van der Waals surface area contributed by atoms with Gasteiger partial charge in [0.05, 0.1) is 23.7 Å². The number of aryl methyl sites for hydroxylation is 2. The van der Waals surface area contributed by atoms with Crippen molar-refractivity contribution < 1.29 is 13.2 Å². The van der Waals surface area contributed by atoms with Crippen molar-refractivity contribution in [2.75, 3.05) is 7.11 Å². The number of benzene rings is 1. The van der Waals surface area contributed by atoms with Gasteiger partial charge in [0.25, 0.3) is 0 Å². The minimum absolute atomic E-state index is 0.288. The van der Waals surface area contributed by atoms with Crippen molar-refractivity contribution in [2.45, 2.75) is 31.7 Å². The van der Waals surface area contributed by atoms with E-state index in [4.69, 9.17) is 4.74 Å². The summed E-state index contributed by atoms with van der Waals surface area (Å²) in [6, 6.07) is 8.44. The van der Waals surface area contributed by atoms with E-state index in [1.165, 1.54) is 0 Å². The molecule has 0 aliphatic heterocycles. The predicted molar refractivity (Wildman–Crippen MR) is 85.4 cm³/mol. The van der Waals surface area contributed by atoms with Crippen LogP contribution in [0.15, 0.2) is 41.4 Å². The molecule has 5 nitrogen and oxygen atoms in total. The van der Waals surface area contributed by atoms with Crippen molar-refractivity contribution in [2.24, 2.45) is 0 Å².